The number of hydrogen-bond donors (Lipinski definition) is 24. The summed E-state index contributed by atoms with van der Waals surface area (Å²) < 4.78 is 107. The molecule has 0 spiro atoms. The van der Waals surface area contributed by atoms with Crippen molar-refractivity contribution in [2.75, 3.05) is 52.9 Å². The van der Waals surface area contributed by atoms with Crippen LogP contribution in [0.2, 0.25) is 0 Å². The van der Waals surface area contributed by atoms with E-state index in [9.17, 15) is 132 Å². The Morgan fingerprint density at radius 1 is 0.247 bits per heavy atom. The number of aliphatic hydroxyl groups is 23. The third-order valence-electron chi connectivity index (χ3n) is 17.1. The standard InChI is InChI=1S/C48H81O43P.K/c49-1-9-33-17(56)25(64)41(76-9)85-34-10(2-50)78-43(27(66)19(34)58)87-36-12(4-52)80-45(29(68)21(36)60)89-38-14(6-54)82-47(31(70)23(38)62)91-40-16(8-75-92(72,73)74)83-48(32(71)24(40)63)90-39-15(7-55)81-46(30(69)22(39)61)88-37-13(5-53)79-44(28(67)20(37)59)86-35-11(3-51)77-42(84-33)26(65)18(35)57;/h9-71H,1-8H2,(H2,72,73,74);/q;+1/p-1/t9-,10-,11-,12-,13-,14-,15-,16-,17+,18-,19-,20+,21-,22+,23-,24-,25+,26-,27-,28+,29-,30+,31-,32-,33-,34-,35-,36-,37-,38-,39-,40-,41-,42-,43-,44-,45-,46-,47-,48-;/m1./s1. The maximum Gasteiger partial charge on any atom is 1.00 e. The van der Waals surface area contributed by atoms with Crippen molar-refractivity contribution < 1.29 is 264 Å². The molecule has 536 valence electrons. The molecule has 0 aliphatic carbocycles. The Morgan fingerprint density at radius 2 is 0.376 bits per heavy atom. The molecule has 0 saturated carbocycles. The molecule has 0 aromatic rings. The molecule has 0 aromatic carbocycles. The van der Waals surface area contributed by atoms with Crippen molar-refractivity contribution in [1.29, 1.82) is 0 Å². The largest absolute Gasteiger partial charge is 1.00 e. The van der Waals surface area contributed by atoms with Gasteiger partial charge in [-0.25, -0.2) is 0 Å². The van der Waals surface area contributed by atoms with Crippen molar-refractivity contribution in [3.05, 3.63) is 0 Å². The van der Waals surface area contributed by atoms with Crippen LogP contribution in [0.25, 0.3) is 0 Å². The van der Waals surface area contributed by atoms with Gasteiger partial charge in [-0.3, -0.25) is 4.57 Å². The number of aliphatic hydroxyl groups excluding tert-OH is 23. The minimum atomic E-state index is -5.72. The summed E-state index contributed by atoms with van der Waals surface area (Å²) in [7, 11) is -5.72. The Kier molecular flexibility index (Phi) is 28.5. The second-order valence-electron chi connectivity index (χ2n) is 23.0. The molecular formula is C48H80KO43P. The Hall–Kier alpha value is 0.186. The molecule has 41 atom stereocenters. The first-order valence-electron chi connectivity index (χ1n) is 28.9. The van der Waals surface area contributed by atoms with Gasteiger partial charge in [-0.15, -0.1) is 0 Å². The van der Waals surface area contributed by atoms with Crippen molar-refractivity contribution in [3.63, 3.8) is 0 Å². The average molecular weight is 1420 g/mol. The van der Waals surface area contributed by atoms with Crippen LogP contribution in [0.5, 0.6) is 0 Å². The maximum absolute atomic E-state index is 11.8. The van der Waals surface area contributed by atoms with E-state index in [2.05, 4.69) is 4.52 Å². The van der Waals surface area contributed by atoms with E-state index in [1.54, 1.807) is 0 Å². The van der Waals surface area contributed by atoms with Crippen LogP contribution in [0, 0.1) is 0 Å². The minimum Gasteiger partial charge on any atom is -0.756 e. The molecule has 30 fully saturated rings. The topological polar surface area (TPSA) is 683 Å². The molecule has 30 aliphatic rings. The van der Waals surface area contributed by atoms with Crippen LogP contribution < -0.4 is 56.3 Å². The van der Waals surface area contributed by atoms with Crippen molar-refractivity contribution in [2.45, 2.75) is 246 Å². The van der Waals surface area contributed by atoms with E-state index in [1.165, 1.54) is 0 Å². The number of phosphoric acid groups is 1. The summed E-state index contributed by atoms with van der Waals surface area (Å²) in [5, 5.41) is 255. The molecule has 93 heavy (non-hydrogen) atoms. The van der Waals surface area contributed by atoms with E-state index in [0.29, 0.717) is 0 Å². The van der Waals surface area contributed by atoms with Crippen LogP contribution in [-0.2, 0) is 84.9 Å². The fourth-order valence-electron chi connectivity index (χ4n) is 12.1. The molecule has 45 heteroatoms. The van der Waals surface area contributed by atoms with Crippen LogP contribution in [0.3, 0.4) is 0 Å². The van der Waals surface area contributed by atoms with Crippen LogP contribution in [0.4, 0.5) is 0 Å². The molecule has 0 radical (unpaired) electrons. The van der Waals surface area contributed by atoms with Gasteiger partial charge in [0.05, 0.1) is 52.9 Å². The number of phosphoric ester groups is 1. The van der Waals surface area contributed by atoms with Gasteiger partial charge in [-0.1, -0.05) is 0 Å². The summed E-state index contributed by atoms with van der Waals surface area (Å²) in [6, 6.07) is 0. The van der Waals surface area contributed by atoms with Crippen molar-refractivity contribution in [2.24, 2.45) is 0 Å². The van der Waals surface area contributed by atoms with Gasteiger partial charge in [0.25, 0.3) is 7.82 Å². The zero-order chi connectivity index (χ0) is 67.3. The predicted octanol–water partition coefficient (Wildman–Crippen LogP) is -20.9. The van der Waals surface area contributed by atoms with E-state index in [-0.39, 0.29) is 51.4 Å². The molecule has 30 aliphatic heterocycles. The first kappa shape index (κ1) is 78.9. The molecule has 16 bridgehead atoms. The molecule has 30 saturated heterocycles. The summed E-state index contributed by atoms with van der Waals surface area (Å²) in [5.74, 6) is 0. The van der Waals surface area contributed by atoms with Crippen molar-refractivity contribution in [3.8, 4) is 0 Å². The van der Waals surface area contributed by atoms with Gasteiger partial charge in [0.2, 0.25) is 0 Å². The van der Waals surface area contributed by atoms with Gasteiger partial charge in [0, 0.05) is 0 Å². The van der Waals surface area contributed by atoms with E-state index in [4.69, 9.17) is 75.8 Å². The van der Waals surface area contributed by atoms with E-state index >= 15 is 0 Å². The molecule has 30 heterocycles. The van der Waals surface area contributed by atoms with Crippen molar-refractivity contribution in [1.82, 2.24) is 0 Å². The molecule has 24 N–H and O–H groups in total. The van der Waals surface area contributed by atoms with Gasteiger partial charge in [-0.05, 0) is 0 Å². The number of rotatable bonds is 10. The summed E-state index contributed by atoms with van der Waals surface area (Å²) >= 11 is 0. The molecular weight excluding hydrogens is 1330 g/mol. The summed E-state index contributed by atoms with van der Waals surface area (Å²) in [6.45, 7) is -9.25. The smallest absolute Gasteiger partial charge is 0.756 e. The number of hydrogen-bond acceptors (Lipinski definition) is 42. The summed E-state index contributed by atoms with van der Waals surface area (Å²) in [6.07, 6.45) is -85.3. The summed E-state index contributed by atoms with van der Waals surface area (Å²) in [5.41, 5.74) is 0. The third kappa shape index (κ3) is 16.7. The Balaban J connectivity index is 0.0000111. The van der Waals surface area contributed by atoms with E-state index in [0.717, 1.165) is 0 Å². The quantitative estimate of drug-likeness (QED) is 0.0713. The van der Waals surface area contributed by atoms with Crippen molar-refractivity contribution >= 4 is 7.82 Å². The fraction of sp³-hybridized carbons (Fsp3) is 1.00. The van der Waals surface area contributed by atoms with Gasteiger partial charge < -0.3 is 208 Å². The Morgan fingerprint density at radius 3 is 0.505 bits per heavy atom. The Bertz CT molecular complexity index is 2330. The SMILES string of the molecule is O=P([O-])(O)OC[C@H]1O[C@@H]2O[C@H]3[C@@H](O)[C@H](O)[C@@H](O[C@H]4[C@@H](O)[C@H](O)[C@@H](O[C@H]5[C@H](O)[C@@H](O)[C@@H](O[C@H]6[C@@H](O)[C@H](O)[C@@H](O[C@H]7[C@H](O)[C@@H](O)[C@@H](O[C@H]8[C@H](O)[C@@H](O)[C@@H](O[C@H]9[C@H](O)[C@@H](O)[C@@H](O[C@H]1[C@H](O)[C@H]2O)O[C@@H]9CO)O[C@@H]8CO)O[C@@H]7CO)O[C@@H]6CO)O[C@@H]5CO)O[C@@H]4CO)O[C@@H]3CO.[K+]. The van der Waals surface area contributed by atoms with Crippen LogP contribution >= 0.6 is 7.82 Å². The summed E-state index contributed by atoms with van der Waals surface area (Å²) in [4.78, 5) is 21.4. The second-order valence-corrected chi connectivity index (χ2v) is 24.2. The average Bonchev–Trinajstić information content (AvgIpc) is 0.784. The number of ether oxygens (including phenoxy) is 16. The van der Waals surface area contributed by atoms with Gasteiger partial charge in [0.15, 0.2) is 50.3 Å². The van der Waals surface area contributed by atoms with Crippen LogP contribution in [-0.4, -0.2) is 421 Å². The van der Waals surface area contributed by atoms with Gasteiger partial charge in [0.1, 0.15) is 195 Å². The zero-order valence-electron chi connectivity index (χ0n) is 48.7. The molecule has 0 aromatic heterocycles. The van der Waals surface area contributed by atoms with Gasteiger partial charge in [-0.2, -0.15) is 0 Å². The minimum absolute atomic E-state index is 0. The molecule has 0 amide bonds. The predicted molar refractivity (Wildman–Crippen MR) is 270 cm³/mol. The Labute approximate surface area is 566 Å². The zero-order valence-corrected chi connectivity index (χ0v) is 52.7. The first-order valence-corrected chi connectivity index (χ1v) is 30.4. The fourth-order valence-corrected chi connectivity index (χ4v) is 12.4. The monoisotopic (exact) mass is 1410 g/mol. The maximum atomic E-state index is 11.8. The van der Waals surface area contributed by atoms with Crippen LogP contribution in [0.15, 0.2) is 0 Å². The van der Waals surface area contributed by atoms with E-state index < -0.39 is 306 Å². The van der Waals surface area contributed by atoms with Crippen LogP contribution in [0.1, 0.15) is 0 Å². The molecule has 30 rings (SSSR count). The third-order valence-corrected chi connectivity index (χ3v) is 17.6. The normalized spacial score (nSPS) is 53.6. The molecule has 1 unspecified atom stereocenters. The van der Waals surface area contributed by atoms with Gasteiger partial charge >= 0.3 is 51.4 Å². The van der Waals surface area contributed by atoms with E-state index in [1.807, 2.05) is 0 Å². The first-order chi connectivity index (χ1) is 43.5. The molecule has 43 nitrogen and oxygen atoms in total. The second kappa shape index (κ2) is 33.5.